The van der Waals surface area contributed by atoms with E-state index in [1.165, 1.54) is 12.4 Å². The third-order valence-electron chi connectivity index (χ3n) is 4.85. The van der Waals surface area contributed by atoms with Crippen molar-refractivity contribution < 1.29 is 13.9 Å². The summed E-state index contributed by atoms with van der Waals surface area (Å²) in [6, 6.07) is 17.3. The monoisotopic (exact) mass is 423 g/mol. The van der Waals surface area contributed by atoms with Crippen LogP contribution in [0.1, 0.15) is 35.3 Å². The summed E-state index contributed by atoms with van der Waals surface area (Å²) in [5.41, 5.74) is 3.23. The van der Waals surface area contributed by atoms with E-state index >= 15 is 0 Å². The molecule has 0 unspecified atom stereocenters. The third-order valence-corrected chi connectivity index (χ3v) is 7.38. The summed E-state index contributed by atoms with van der Waals surface area (Å²) in [6.07, 6.45) is 4.16. The number of hydrogen-bond acceptors (Lipinski definition) is 5. The molecule has 0 bridgehead atoms. The van der Waals surface area contributed by atoms with E-state index in [9.17, 15) is 9.36 Å². The number of benzene rings is 2. The first kappa shape index (κ1) is 21.9. The molecular formula is C23H26N3O3P. The van der Waals surface area contributed by atoms with Gasteiger partial charge in [0.15, 0.2) is 5.82 Å². The van der Waals surface area contributed by atoms with Crippen molar-refractivity contribution in [1.82, 2.24) is 15.3 Å². The Morgan fingerprint density at radius 1 is 0.933 bits per heavy atom. The fourth-order valence-electron chi connectivity index (χ4n) is 2.82. The van der Waals surface area contributed by atoms with Crippen LogP contribution in [0.5, 0.6) is 0 Å². The van der Waals surface area contributed by atoms with Gasteiger partial charge in [-0.05, 0) is 11.1 Å². The van der Waals surface area contributed by atoms with Crippen molar-refractivity contribution in [2.75, 3.05) is 12.3 Å². The smallest absolute Gasteiger partial charge is 0.254 e. The molecule has 3 rings (SSSR count). The molecule has 3 aromatic rings. The lowest BCUT2D eigenvalue weighted by Gasteiger charge is -2.15. The highest BCUT2D eigenvalue weighted by atomic mass is 31.2. The molecule has 0 radical (unpaired) electrons. The molecule has 0 aliphatic heterocycles. The predicted octanol–water partition coefficient (Wildman–Crippen LogP) is 4.91. The second-order valence-corrected chi connectivity index (χ2v) is 10.0. The molecule has 0 spiro atoms. The molecule has 0 aliphatic carbocycles. The zero-order valence-electron chi connectivity index (χ0n) is 17.2. The normalized spacial score (nSPS) is 11.3. The van der Waals surface area contributed by atoms with Gasteiger partial charge in [0.25, 0.3) is 5.91 Å². The summed E-state index contributed by atoms with van der Waals surface area (Å²) < 4.78 is 17.9. The van der Waals surface area contributed by atoms with Crippen molar-refractivity contribution in [3.63, 3.8) is 0 Å². The second kappa shape index (κ2) is 10.3. The zero-order valence-corrected chi connectivity index (χ0v) is 18.1. The van der Waals surface area contributed by atoms with Gasteiger partial charge in [0.05, 0.1) is 12.2 Å². The number of hydrogen-bond donors (Lipinski definition) is 1. The van der Waals surface area contributed by atoms with Crippen LogP contribution in [0.4, 0.5) is 0 Å². The third kappa shape index (κ3) is 5.85. The van der Waals surface area contributed by atoms with Crippen LogP contribution >= 0.6 is 7.37 Å². The Kier molecular flexibility index (Phi) is 7.50. The lowest BCUT2D eigenvalue weighted by atomic mass is 10.1. The Balaban J connectivity index is 1.53. The molecule has 1 N–H and O–H groups in total. The summed E-state index contributed by atoms with van der Waals surface area (Å²) in [4.78, 5) is 20.9. The van der Waals surface area contributed by atoms with E-state index in [1.807, 2.05) is 68.4 Å². The first-order chi connectivity index (χ1) is 14.5. The summed E-state index contributed by atoms with van der Waals surface area (Å²) in [5.74, 6) is 0.356. The van der Waals surface area contributed by atoms with E-state index in [-0.39, 0.29) is 5.91 Å². The van der Waals surface area contributed by atoms with E-state index < -0.39 is 7.37 Å². The van der Waals surface area contributed by atoms with E-state index in [0.717, 1.165) is 16.7 Å². The van der Waals surface area contributed by atoms with Gasteiger partial charge in [-0.2, -0.15) is 0 Å². The molecule has 0 fully saturated rings. The van der Waals surface area contributed by atoms with Gasteiger partial charge in [0.1, 0.15) is 0 Å². The van der Waals surface area contributed by atoms with E-state index in [2.05, 4.69) is 15.3 Å². The Hall–Kier alpha value is -2.82. The summed E-state index contributed by atoms with van der Waals surface area (Å²) >= 11 is 0. The van der Waals surface area contributed by atoms with E-state index in [0.29, 0.717) is 36.9 Å². The van der Waals surface area contributed by atoms with E-state index in [4.69, 9.17) is 4.52 Å². The molecule has 156 valence electrons. The van der Waals surface area contributed by atoms with Crippen molar-refractivity contribution in [1.29, 1.82) is 0 Å². The highest BCUT2D eigenvalue weighted by molar-refractivity contribution is 7.58. The fraction of sp³-hybridized carbons (Fsp3) is 0.261. The summed E-state index contributed by atoms with van der Waals surface area (Å²) in [5, 5.41) is 2.87. The minimum Gasteiger partial charge on any atom is -0.348 e. The van der Waals surface area contributed by atoms with Crippen LogP contribution in [0, 0.1) is 0 Å². The first-order valence-corrected chi connectivity index (χ1v) is 12.0. The SMILES string of the molecule is CCP(=O)(CC)OCc1ccc(CNC(=O)c2cnc(-c3ccccc3)nc2)cc1. The van der Waals surface area contributed by atoms with Gasteiger partial charge >= 0.3 is 0 Å². The first-order valence-electron chi connectivity index (χ1n) is 9.99. The molecule has 7 heteroatoms. The second-order valence-electron chi connectivity index (χ2n) is 6.88. The van der Waals surface area contributed by atoms with Crippen molar-refractivity contribution in [3.05, 3.63) is 83.7 Å². The van der Waals surface area contributed by atoms with Gasteiger partial charge in [-0.3, -0.25) is 9.36 Å². The summed E-state index contributed by atoms with van der Waals surface area (Å²) in [7, 11) is -2.51. The van der Waals surface area contributed by atoms with Crippen LogP contribution in [0.2, 0.25) is 0 Å². The lowest BCUT2D eigenvalue weighted by Crippen LogP contribution is -2.23. The molecule has 0 saturated heterocycles. The number of carbonyl (C=O) groups is 1. The Bertz CT molecular complexity index is 998. The average Bonchev–Trinajstić information content (AvgIpc) is 2.82. The Morgan fingerprint density at radius 2 is 1.53 bits per heavy atom. The maximum Gasteiger partial charge on any atom is 0.254 e. The molecule has 2 aromatic carbocycles. The number of amides is 1. The van der Waals surface area contributed by atoms with E-state index in [1.54, 1.807) is 0 Å². The topological polar surface area (TPSA) is 81.2 Å². The van der Waals surface area contributed by atoms with Crippen LogP contribution in [0.15, 0.2) is 67.0 Å². The Labute approximate surface area is 177 Å². The molecule has 1 heterocycles. The van der Waals surface area contributed by atoms with Gasteiger partial charge in [-0.15, -0.1) is 0 Å². The molecule has 6 nitrogen and oxygen atoms in total. The van der Waals surface area contributed by atoms with Gasteiger partial charge in [-0.1, -0.05) is 68.4 Å². The zero-order chi connectivity index (χ0) is 21.4. The van der Waals surface area contributed by atoms with Crippen molar-refractivity contribution in [2.24, 2.45) is 0 Å². The van der Waals surface area contributed by atoms with Gasteiger partial charge in [0, 0.05) is 36.8 Å². The van der Waals surface area contributed by atoms with Gasteiger partial charge < -0.3 is 9.84 Å². The minimum atomic E-state index is -2.51. The molecule has 30 heavy (non-hydrogen) atoms. The van der Waals surface area contributed by atoms with Crippen LogP contribution in [0.25, 0.3) is 11.4 Å². The maximum absolute atomic E-state index is 12.4. The highest BCUT2D eigenvalue weighted by Crippen LogP contribution is 2.46. The standard InChI is InChI=1S/C23H26N3O3P/c1-3-30(28,4-2)29-17-19-12-10-18(11-13-19)14-26-23(27)21-15-24-22(25-16-21)20-8-6-5-7-9-20/h5-13,15-16H,3-4,14,17H2,1-2H3,(H,26,27). The average molecular weight is 423 g/mol. The number of nitrogens with one attached hydrogen (secondary N) is 1. The molecule has 1 aromatic heterocycles. The van der Waals surface area contributed by atoms with Gasteiger partial charge in [0.2, 0.25) is 7.37 Å². The highest BCUT2D eigenvalue weighted by Gasteiger charge is 2.17. The number of carbonyl (C=O) groups excluding carboxylic acids is 1. The Morgan fingerprint density at radius 3 is 2.13 bits per heavy atom. The van der Waals surface area contributed by atoms with Crippen LogP contribution in [-0.4, -0.2) is 28.2 Å². The van der Waals surface area contributed by atoms with Crippen molar-refractivity contribution in [3.8, 4) is 11.4 Å². The number of aromatic nitrogens is 2. The van der Waals surface area contributed by atoms with Crippen LogP contribution in [-0.2, 0) is 22.2 Å². The predicted molar refractivity (Wildman–Crippen MR) is 119 cm³/mol. The molecule has 0 atom stereocenters. The molecule has 0 aliphatic rings. The summed E-state index contributed by atoms with van der Waals surface area (Å²) in [6.45, 7) is 4.49. The largest absolute Gasteiger partial charge is 0.348 e. The van der Waals surface area contributed by atoms with Crippen molar-refractivity contribution in [2.45, 2.75) is 27.0 Å². The van der Waals surface area contributed by atoms with Crippen LogP contribution in [0.3, 0.4) is 0 Å². The molecule has 0 saturated carbocycles. The quantitative estimate of drug-likeness (QED) is 0.495. The maximum atomic E-state index is 12.4. The van der Waals surface area contributed by atoms with Gasteiger partial charge in [-0.25, -0.2) is 9.97 Å². The van der Waals surface area contributed by atoms with Crippen molar-refractivity contribution >= 4 is 13.3 Å². The molecular weight excluding hydrogens is 397 g/mol. The number of rotatable bonds is 9. The molecule has 1 amide bonds. The van der Waals surface area contributed by atoms with Crippen LogP contribution < -0.4 is 5.32 Å². The lowest BCUT2D eigenvalue weighted by molar-refractivity contribution is 0.0950. The fourth-order valence-corrected chi connectivity index (χ4v) is 4.01. The minimum absolute atomic E-state index is 0.228. The number of nitrogens with zero attached hydrogens (tertiary/aromatic N) is 2.